The molecule has 0 radical (unpaired) electrons. The highest BCUT2D eigenvalue weighted by molar-refractivity contribution is 7.92. The van der Waals surface area contributed by atoms with Crippen molar-refractivity contribution >= 4 is 33.3 Å². The molecule has 1 N–H and O–H groups in total. The van der Waals surface area contributed by atoms with Gasteiger partial charge in [-0.1, -0.05) is 11.6 Å². The van der Waals surface area contributed by atoms with E-state index in [2.05, 4.69) is 0 Å². The van der Waals surface area contributed by atoms with Crippen LogP contribution in [0.15, 0.2) is 23.1 Å². The van der Waals surface area contributed by atoms with Crippen LogP contribution in [0.1, 0.15) is 19.3 Å². The number of benzene rings is 1. The second kappa shape index (κ2) is 7.22. The smallest absolute Gasteiger partial charge is 0.307 e. The molecule has 1 saturated carbocycles. The van der Waals surface area contributed by atoms with E-state index >= 15 is 0 Å². The summed E-state index contributed by atoms with van der Waals surface area (Å²) in [6.45, 7) is -1.02. The number of hydrogen-bond acceptors (Lipinski definition) is 4. The monoisotopic (exact) mass is 439 g/mol. The minimum absolute atomic E-state index is 0.212. The van der Waals surface area contributed by atoms with Crippen molar-refractivity contribution in [1.82, 2.24) is 4.90 Å². The standard InChI is InChI=1S/C17H17ClF3NO5S/c18-13-5-9(19)1-2-14(13)28(26,27)10-6-11(12(7-10)16(24)25)15(23)22-4-3-17(20,21)8-22/h1-2,5,10-12H,3-4,6-8H2,(H,24,25)/t10-,11+,12+/m0/s1. The van der Waals surface area contributed by atoms with Crippen LogP contribution < -0.4 is 0 Å². The van der Waals surface area contributed by atoms with E-state index in [1.54, 1.807) is 0 Å². The third-order valence-corrected chi connectivity index (χ3v) is 7.93. The third-order valence-electron chi connectivity index (χ3n) is 5.27. The van der Waals surface area contributed by atoms with Gasteiger partial charge in [-0.25, -0.2) is 21.6 Å². The quantitative estimate of drug-likeness (QED) is 0.728. The number of nitrogens with zero attached hydrogens (tertiary/aromatic N) is 1. The molecule has 1 heterocycles. The van der Waals surface area contributed by atoms with Gasteiger partial charge in [-0.3, -0.25) is 9.59 Å². The molecule has 1 saturated heterocycles. The average Bonchev–Trinajstić information content (AvgIpc) is 3.18. The van der Waals surface area contributed by atoms with Gasteiger partial charge in [0.25, 0.3) is 5.92 Å². The van der Waals surface area contributed by atoms with Crippen molar-refractivity contribution in [3.8, 4) is 0 Å². The molecule has 0 aromatic heterocycles. The molecule has 0 bridgehead atoms. The van der Waals surface area contributed by atoms with Crippen LogP contribution in [0, 0.1) is 17.7 Å². The molecule has 1 aromatic rings. The van der Waals surface area contributed by atoms with Gasteiger partial charge in [0.05, 0.1) is 33.5 Å². The van der Waals surface area contributed by atoms with Gasteiger partial charge in [0.1, 0.15) is 5.82 Å². The zero-order valence-corrected chi connectivity index (χ0v) is 16.0. The van der Waals surface area contributed by atoms with Gasteiger partial charge < -0.3 is 10.0 Å². The first-order valence-corrected chi connectivity index (χ1v) is 10.4. The maximum absolute atomic E-state index is 13.4. The van der Waals surface area contributed by atoms with Crippen LogP contribution in [0.3, 0.4) is 0 Å². The highest BCUT2D eigenvalue weighted by atomic mass is 35.5. The van der Waals surface area contributed by atoms with Crippen LogP contribution in [0.4, 0.5) is 13.2 Å². The molecule has 6 nitrogen and oxygen atoms in total. The van der Waals surface area contributed by atoms with Crippen LogP contribution in [0.5, 0.6) is 0 Å². The molecule has 11 heteroatoms. The van der Waals surface area contributed by atoms with Crippen molar-refractivity contribution in [3.63, 3.8) is 0 Å². The van der Waals surface area contributed by atoms with Gasteiger partial charge >= 0.3 is 5.97 Å². The number of hydrogen-bond donors (Lipinski definition) is 1. The van der Waals surface area contributed by atoms with Gasteiger partial charge in [-0.15, -0.1) is 0 Å². The highest BCUT2D eigenvalue weighted by Crippen LogP contribution is 2.42. The van der Waals surface area contributed by atoms with Gasteiger partial charge in [-0.05, 0) is 31.0 Å². The van der Waals surface area contributed by atoms with Crippen LogP contribution in [-0.4, -0.2) is 54.6 Å². The molecule has 2 aliphatic rings. The fourth-order valence-corrected chi connectivity index (χ4v) is 6.19. The Hall–Kier alpha value is -1.81. The maximum atomic E-state index is 13.4. The van der Waals surface area contributed by atoms with Gasteiger partial charge in [-0.2, -0.15) is 0 Å². The van der Waals surface area contributed by atoms with E-state index in [0.717, 1.165) is 23.1 Å². The van der Waals surface area contributed by atoms with Crippen LogP contribution >= 0.6 is 11.6 Å². The lowest BCUT2D eigenvalue weighted by molar-refractivity contribution is -0.149. The molecule has 0 spiro atoms. The van der Waals surface area contributed by atoms with Gasteiger partial charge in [0.2, 0.25) is 5.91 Å². The number of alkyl halides is 2. The number of likely N-dealkylation sites (tertiary alicyclic amines) is 1. The van der Waals surface area contributed by atoms with Crippen LogP contribution in [0.2, 0.25) is 5.02 Å². The molecule has 2 fully saturated rings. The van der Waals surface area contributed by atoms with E-state index in [1.165, 1.54) is 0 Å². The van der Waals surface area contributed by atoms with E-state index in [4.69, 9.17) is 11.6 Å². The molecule has 1 amide bonds. The summed E-state index contributed by atoms with van der Waals surface area (Å²) in [5, 5.41) is 7.85. The molecule has 0 unspecified atom stereocenters. The largest absolute Gasteiger partial charge is 0.481 e. The van der Waals surface area contributed by atoms with E-state index in [-0.39, 0.29) is 29.3 Å². The normalized spacial score (nSPS) is 27.1. The summed E-state index contributed by atoms with van der Waals surface area (Å²) < 4.78 is 65.8. The zero-order valence-electron chi connectivity index (χ0n) is 14.4. The Morgan fingerprint density at radius 3 is 2.39 bits per heavy atom. The predicted molar refractivity (Wildman–Crippen MR) is 92.4 cm³/mol. The number of rotatable bonds is 4. The van der Waals surface area contributed by atoms with E-state index in [9.17, 15) is 36.3 Å². The van der Waals surface area contributed by atoms with Crippen molar-refractivity contribution in [1.29, 1.82) is 0 Å². The zero-order chi connectivity index (χ0) is 20.9. The van der Waals surface area contributed by atoms with Crippen LogP contribution in [-0.2, 0) is 19.4 Å². The van der Waals surface area contributed by atoms with Crippen molar-refractivity contribution in [2.45, 2.75) is 35.3 Å². The van der Waals surface area contributed by atoms with Crippen molar-refractivity contribution < 1.29 is 36.3 Å². The summed E-state index contributed by atoms with van der Waals surface area (Å²) in [7, 11) is -4.15. The number of carboxylic acid groups (broad SMARTS) is 1. The number of amides is 1. The molecule has 1 aromatic carbocycles. The number of aliphatic carboxylic acids is 1. The summed E-state index contributed by atoms with van der Waals surface area (Å²) in [6, 6.07) is 2.73. The van der Waals surface area contributed by atoms with Crippen molar-refractivity contribution in [2.24, 2.45) is 11.8 Å². The first-order chi connectivity index (χ1) is 12.9. The number of carboxylic acids is 1. The fraction of sp³-hybridized carbons (Fsp3) is 0.529. The molecule has 1 aliphatic carbocycles. The molecule has 28 heavy (non-hydrogen) atoms. The van der Waals surface area contributed by atoms with E-state index < -0.39 is 63.5 Å². The summed E-state index contributed by atoms with van der Waals surface area (Å²) in [5.41, 5.74) is 0. The lowest BCUT2D eigenvalue weighted by Crippen LogP contribution is -2.39. The Balaban J connectivity index is 1.87. The fourth-order valence-electron chi connectivity index (χ4n) is 3.83. The second-order valence-corrected chi connectivity index (χ2v) is 9.73. The Bertz CT molecular complexity index is 923. The summed E-state index contributed by atoms with van der Waals surface area (Å²) in [6.07, 6.45) is -1.20. The van der Waals surface area contributed by atoms with E-state index in [1.807, 2.05) is 0 Å². The predicted octanol–water partition coefficient (Wildman–Crippen LogP) is 2.60. The average molecular weight is 440 g/mol. The number of carbonyl (C=O) groups is 2. The van der Waals surface area contributed by atoms with Gasteiger partial charge in [0, 0.05) is 13.0 Å². The summed E-state index contributed by atoms with van der Waals surface area (Å²) in [5.74, 6) is -8.48. The first kappa shape index (κ1) is 20.9. The Morgan fingerprint density at radius 2 is 1.86 bits per heavy atom. The molecule has 3 atom stereocenters. The first-order valence-electron chi connectivity index (χ1n) is 8.51. The van der Waals surface area contributed by atoms with Crippen LogP contribution in [0.25, 0.3) is 0 Å². The lowest BCUT2D eigenvalue weighted by Gasteiger charge is -2.22. The molecule has 3 rings (SSSR count). The molecular weight excluding hydrogens is 423 g/mol. The van der Waals surface area contributed by atoms with Crippen molar-refractivity contribution in [3.05, 3.63) is 29.0 Å². The number of sulfone groups is 1. The number of carbonyl (C=O) groups excluding carboxylic acids is 1. The Labute approximate surface area is 164 Å². The van der Waals surface area contributed by atoms with Crippen molar-refractivity contribution in [2.75, 3.05) is 13.1 Å². The minimum Gasteiger partial charge on any atom is -0.481 e. The van der Waals surface area contributed by atoms with Gasteiger partial charge in [0.15, 0.2) is 9.84 Å². The van der Waals surface area contributed by atoms with E-state index in [0.29, 0.717) is 0 Å². The maximum Gasteiger partial charge on any atom is 0.307 e. The third kappa shape index (κ3) is 3.84. The summed E-state index contributed by atoms with van der Waals surface area (Å²) in [4.78, 5) is 24.8. The Kier molecular flexibility index (Phi) is 5.39. The minimum atomic E-state index is -4.15. The Morgan fingerprint density at radius 1 is 1.21 bits per heavy atom. The topological polar surface area (TPSA) is 91.7 Å². The lowest BCUT2D eigenvalue weighted by atomic mass is 9.95. The number of halogens is 4. The molecular formula is C17H17ClF3NO5S. The molecule has 1 aliphatic heterocycles. The molecule has 154 valence electrons. The summed E-state index contributed by atoms with van der Waals surface area (Å²) >= 11 is 5.83. The SMILES string of the molecule is O=C(O)[C@@H]1C[C@@H](S(=O)(=O)c2ccc(F)cc2Cl)C[C@H]1C(=O)N1CCC(F)(F)C1. The highest BCUT2D eigenvalue weighted by Gasteiger charge is 2.51. The second-order valence-electron chi connectivity index (χ2n) is 7.13.